The van der Waals surface area contributed by atoms with Gasteiger partial charge in [0.05, 0.1) is 35.4 Å². The number of hydrogen-bond donors (Lipinski definition) is 1. The Bertz CT molecular complexity index is 672. The molecular formula is C16H17ClFN3O2S. The molecule has 1 saturated heterocycles. The van der Waals surface area contributed by atoms with Gasteiger partial charge in [0.25, 0.3) is 5.91 Å². The Morgan fingerprint density at radius 3 is 2.92 bits per heavy atom. The third-order valence-corrected chi connectivity index (χ3v) is 5.10. The molecule has 0 saturated carbocycles. The van der Waals surface area contributed by atoms with Crippen LogP contribution in [-0.2, 0) is 4.74 Å². The summed E-state index contributed by atoms with van der Waals surface area (Å²) in [5.74, 6) is -1.14. The molecule has 0 bridgehead atoms. The third kappa shape index (κ3) is 3.92. The number of thiazole rings is 1. The van der Waals surface area contributed by atoms with Crippen LogP contribution >= 0.6 is 22.9 Å². The topological polar surface area (TPSA) is 54.5 Å². The first-order chi connectivity index (χ1) is 11.7. The minimum absolute atomic E-state index is 0.0177. The molecule has 1 unspecified atom stereocenters. The number of nitrogens with one attached hydrogen (secondary N) is 1. The molecule has 0 spiro atoms. The van der Waals surface area contributed by atoms with Crippen molar-refractivity contribution >= 4 is 28.8 Å². The molecule has 1 aliphatic heterocycles. The molecule has 0 radical (unpaired) electrons. The fourth-order valence-corrected chi connectivity index (χ4v) is 3.68. The van der Waals surface area contributed by atoms with Crippen LogP contribution in [0.2, 0.25) is 5.02 Å². The van der Waals surface area contributed by atoms with Gasteiger partial charge in [0.15, 0.2) is 0 Å². The summed E-state index contributed by atoms with van der Waals surface area (Å²) >= 11 is 7.49. The van der Waals surface area contributed by atoms with E-state index in [2.05, 4.69) is 15.2 Å². The van der Waals surface area contributed by atoms with Gasteiger partial charge in [-0.3, -0.25) is 14.7 Å². The second kappa shape index (κ2) is 8.02. The summed E-state index contributed by atoms with van der Waals surface area (Å²) in [6.45, 7) is 3.22. The van der Waals surface area contributed by atoms with Crippen molar-refractivity contribution in [3.63, 3.8) is 0 Å². The molecule has 1 aromatic heterocycles. The number of morpholine rings is 1. The van der Waals surface area contributed by atoms with Crippen molar-refractivity contribution in [2.24, 2.45) is 0 Å². The third-order valence-electron chi connectivity index (χ3n) is 3.91. The van der Waals surface area contributed by atoms with Crippen LogP contribution in [0.5, 0.6) is 0 Å². The number of amides is 1. The first-order valence-corrected chi connectivity index (χ1v) is 8.85. The van der Waals surface area contributed by atoms with Crippen LogP contribution in [0.3, 0.4) is 0 Å². The van der Waals surface area contributed by atoms with E-state index in [0.29, 0.717) is 19.8 Å². The molecule has 1 aliphatic rings. The van der Waals surface area contributed by atoms with Crippen LogP contribution in [0, 0.1) is 5.82 Å². The van der Waals surface area contributed by atoms with Crippen molar-refractivity contribution in [1.29, 1.82) is 0 Å². The fourth-order valence-electron chi connectivity index (χ4n) is 2.68. The van der Waals surface area contributed by atoms with E-state index in [-0.39, 0.29) is 16.6 Å². The normalized spacial score (nSPS) is 16.8. The lowest BCUT2D eigenvalue weighted by atomic mass is 10.1. The van der Waals surface area contributed by atoms with E-state index in [1.807, 2.05) is 0 Å². The van der Waals surface area contributed by atoms with Gasteiger partial charge in [-0.05, 0) is 12.1 Å². The molecule has 1 atom stereocenters. The first-order valence-electron chi connectivity index (χ1n) is 7.59. The Balaban J connectivity index is 1.72. The van der Waals surface area contributed by atoms with Gasteiger partial charge in [0.1, 0.15) is 5.82 Å². The van der Waals surface area contributed by atoms with Gasteiger partial charge >= 0.3 is 0 Å². The summed E-state index contributed by atoms with van der Waals surface area (Å²) in [4.78, 5) is 19.8. The zero-order chi connectivity index (χ0) is 16.9. The molecule has 5 nitrogen and oxygen atoms in total. The number of nitrogens with zero attached hydrogens (tertiary/aromatic N) is 2. The van der Waals surface area contributed by atoms with E-state index in [1.54, 1.807) is 11.7 Å². The molecule has 1 aromatic carbocycles. The molecule has 1 fully saturated rings. The summed E-state index contributed by atoms with van der Waals surface area (Å²) in [7, 11) is 0. The molecule has 1 amide bonds. The zero-order valence-corrected chi connectivity index (χ0v) is 14.4. The maximum atomic E-state index is 13.9. The van der Waals surface area contributed by atoms with E-state index in [9.17, 15) is 9.18 Å². The van der Waals surface area contributed by atoms with Crippen LogP contribution < -0.4 is 5.32 Å². The Kier molecular flexibility index (Phi) is 5.78. The van der Waals surface area contributed by atoms with Crippen molar-refractivity contribution in [3.8, 4) is 0 Å². The SMILES string of the molecule is O=C(NCC(c1cncs1)N1CCOCC1)c1c(F)cccc1Cl. The van der Waals surface area contributed by atoms with Crippen molar-refractivity contribution in [3.05, 3.63) is 51.2 Å². The van der Waals surface area contributed by atoms with Crippen molar-refractivity contribution in [2.75, 3.05) is 32.8 Å². The van der Waals surface area contributed by atoms with Crippen molar-refractivity contribution in [1.82, 2.24) is 15.2 Å². The second-order valence-electron chi connectivity index (χ2n) is 5.37. The standard InChI is InChI=1S/C16H17ClFN3O2S/c17-11-2-1-3-12(18)15(11)16(22)20-8-13(14-9-19-10-24-14)21-4-6-23-7-5-21/h1-3,9-10,13H,4-8H2,(H,20,22). The van der Waals surface area contributed by atoms with Gasteiger partial charge in [-0.1, -0.05) is 17.7 Å². The van der Waals surface area contributed by atoms with Crippen LogP contribution in [-0.4, -0.2) is 48.6 Å². The maximum absolute atomic E-state index is 13.9. The Hall–Kier alpha value is -1.54. The van der Waals surface area contributed by atoms with E-state index in [4.69, 9.17) is 16.3 Å². The van der Waals surface area contributed by atoms with Crippen LogP contribution in [0.15, 0.2) is 29.9 Å². The number of aromatic nitrogens is 1. The van der Waals surface area contributed by atoms with Gasteiger partial charge in [-0.15, -0.1) is 11.3 Å². The molecule has 128 valence electrons. The van der Waals surface area contributed by atoms with Gasteiger partial charge in [-0.2, -0.15) is 0 Å². The average molecular weight is 370 g/mol. The zero-order valence-electron chi connectivity index (χ0n) is 12.9. The Labute approximate surface area is 148 Å². The average Bonchev–Trinajstić information content (AvgIpc) is 3.10. The fraction of sp³-hybridized carbons (Fsp3) is 0.375. The molecule has 0 aliphatic carbocycles. The van der Waals surface area contributed by atoms with Crippen molar-refractivity contribution < 1.29 is 13.9 Å². The van der Waals surface area contributed by atoms with E-state index >= 15 is 0 Å². The highest BCUT2D eigenvalue weighted by atomic mass is 35.5. The lowest BCUT2D eigenvalue weighted by molar-refractivity contribution is 0.0169. The molecule has 24 heavy (non-hydrogen) atoms. The summed E-state index contributed by atoms with van der Waals surface area (Å²) in [5, 5.41) is 2.90. The molecular weight excluding hydrogens is 353 g/mol. The number of benzene rings is 1. The van der Waals surface area contributed by atoms with Gasteiger partial charge < -0.3 is 10.1 Å². The summed E-state index contributed by atoms with van der Waals surface area (Å²) < 4.78 is 19.3. The minimum Gasteiger partial charge on any atom is -0.379 e. The van der Waals surface area contributed by atoms with E-state index in [1.165, 1.54) is 29.5 Å². The van der Waals surface area contributed by atoms with Crippen LogP contribution in [0.25, 0.3) is 0 Å². The van der Waals surface area contributed by atoms with Crippen LogP contribution in [0.1, 0.15) is 21.3 Å². The monoisotopic (exact) mass is 369 g/mol. The molecule has 8 heteroatoms. The summed E-state index contributed by atoms with van der Waals surface area (Å²) in [6, 6.07) is 4.18. The highest BCUT2D eigenvalue weighted by Crippen LogP contribution is 2.25. The first kappa shape index (κ1) is 17.3. The van der Waals surface area contributed by atoms with Gasteiger partial charge in [0, 0.05) is 30.7 Å². The number of carbonyl (C=O) groups is 1. The highest BCUT2D eigenvalue weighted by Gasteiger charge is 2.25. The Morgan fingerprint density at radius 1 is 1.46 bits per heavy atom. The number of hydrogen-bond acceptors (Lipinski definition) is 5. The molecule has 2 aromatic rings. The second-order valence-corrected chi connectivity index (χ2v) is 6.70. The lowest BCUT2D eigenvalue weighted by Gasteiger charge is -2.33. The highest BCUT2D eigenvalue weighted by molar-refractivity contribution is 7.09. The lowest BCUT2D eigenvalue weighted by Crippen LogP contribution is -2.43. The van der Waals surface area contributed by atoms with Crippen LogP contribution in [0.4, 0.5) is 4.39 Å². The van der Waals surface area contributed by atoms with Gasteiger partial charge in [0.2, 0.25) is 0 Å². The van der Waals surface area contributed by atoms with Gasteiger partial charge in [-0.25, -0.2) is 4.39 Å². The largest absolute Gasteiger partial charge is 0.379 e. The van der Waals surface area contributed by atoms with Crippen molar-refractivity contribution in [2.45, 2.75) is 6.04 Å². The van der Waals surface area contributed by atoms with E-state index < -0.39 is 11.7 Å². The molecule has 1 N–H and O–H groups in total. The number of halogens is 2. The maximum Gasteiger partial charge on any atom is 0.255 e. The number of ether oxygens (including phenoxy) is 1. The molecule has 2 heterocycles. The summed E-state index contributed by atoms with van der Waals surface area (Å²) in [5.41, 5.74) is 1.64. The minimum atomic E-state index is -0.624. The van der Waals surface area contributed by atoms with E-state index in [0.717, 1.165) is 18.0 Å². The number of rotatable bonds is 5. The smallest absolute Gasteiger partial charge is 0.255 e. The quantitative estimate of drug-likeness (QED) is 0.880. The number of carbonyl (C=O) groups excluding carboxylic acids is 1. The predicted octanol–water partition coefficient (Wildman–Crippen LogP) is 2.74. The predicted molar refractivity (Wildman–Crippen MR) is 91.0 cm³/mol. The summed E-state index contributed by atoms with van der Waals surface area (Å²) in [6.07, 6.45) is 1.80. The Morgan fingerprint density at radius 2 is 2.25 bits per heavy atom. The molecule has 3 rings (SSSR count).